The molecule has 1 aromatic carbocycles. The van der Waals surface area contributed by atoms with Crippen molar-refractivity contribution in [3.05, 3.63) is 22.7 Å². The summed E-state index contributed by atoms with van der Waals surface area (Å²) in [5.41, 5.74) is 8.44. The number of nitrogens with two attached hydrogens (primary N) is 1. The van der Waals surface area contributed by atoms with Gasteiger partial charge in [0.25, 0.3) is 0 Å². The number of rotatable bonds is 6. The van der Waals surface area contributed by atoms with Gasteiger partial charge in [-0.15, -0.1) is 0 Å². The van der Waals surface area contributed by atoms with Crippen molar-refractivity contribution in [1.82, 2.24) is 4.90 Å². The molecular weight excluding hydrogens is 346 g/mol. The van der Waals surface area contributed by atoms with E-state index in [1.54, 1.807) is 7.11 Å². The molecule has 1 aliphatic carbocycles. The number of benzene rings is 1. The van der Waals surface area contributed by atoms with Gasteiger partial charge >= 0.3 is 0 Å². The number of nitrogens with zero attached hydrogens (tertiary/aromatic N) is 2. The quantitative estimate of drug-likeness (QED) is 0.812. The molecule has 0 atom stereocenters. The summed E-state index contributed by atoms with van der Waals surface area (Å²) in [4.78, 5) is 5.04. The fourth-order valence-electron chi connectivity index (χ4n) is 4.33. The highest BCUT2D eigenvalue weighted by Gasteiger charge is 2.23. The summed E-state index contributed by atoms with van der Waals surface area (Å²) < 4.78 is 5.59. The molecule has 1 aliphatic heterocycles. The first-order chi connectivity index (χ1) is 12.6. The van der Waals surface area contributed by atoms with E-state index in [9.17, 15) is 0 Å². The zero-order chi connectivity index (χ0) is 18.5. The number of hydrogen-bond acceptors (Lipinski definition) is 4. The molecular formula is C21H34ClN3O. The molecule has 0 aromatic heterocycles. The van der Waals surface area contributed by atoms with Gasteiger partial charge in [-0.25, -0.2) is 0 Å². The van der Waals surface area contributed by atoms with Crippen molar-refractivity contribution in [2.75, 3.05) is 44.7 Å². The lowest BCUT2D eigenvalue weighted by molar-refractivity contribution is 0.216. The Labute approximate surface area is 163 Å². The van der Waals surface area contributed by atoms with Gasteiger partial charge in [-0.2, -0.15) is 0 Å². The van der Waals surface area contributed by atoms with Gasteiger partial charge in [-0.1, -0.05) is 18.5 Å². The summed E-state index contributed by atoms with van der Waals surface area (Å²) in [5, 5.41) is 0.722. The maximum absolute atomic E-state index is 6.44. The smallest absolute Gasteiger partial charge is 0.160 e. The van der Waals surface area contributed by atoms with Gasteiger partial charge in [0.05, 0.1) is 17.8 Å². The second-order valence-electron chi connectivity index (χ2n) is 7.88. The topological polar surface area (TPSA) is 41.7 Å². The molecule has 146 valence electrons. The highest BCUT2D eigenvalue weighted by molar-refractivity contribution is 6.32. The highest BCUT2D eigenvalue weighted by Crippen LogP contribution is 2.37. The summed E-state index contributed by atoms with van der Waals surface area (Å²) in [5.74, 6) is 1.70. The molecule has 1 saturated heterocycles. The van der Waals surface area contributed by atoms with Gasteiger partial charge in [0.2, 0.25) is 0 Å². The fraction of sp³-hybridized carbons (Fsp3) is 0.714. The van der Waals surface area contributed by atoms with Crippen molar-refractivity contribution < 1.29 is 4.74 Å². The molecule has 0 unspecified atom stereocenters. The van der Waals surface area contributed by atoms with Crippen molar-refractivity contribution in [1.29, 1.82) is 0 Å². The second kappa shape index (κ2) is 9.29. The van der Waals surface area contributed by atoms with Gasteiger partial charge in [0.1, 0.15) is 0 Å². The standard InChI is InChI=1S/C21H34ClN3O/c1-3-16-14-19(22)21(26-2)20(15-16)25-12-10-24(11-13-25)9-8-17-4-6-18(23)7-5-17/h14-15,17-18H,3-13,23H2,1-2H3. The number of hydrogen-bond donors (Lipinski definition) is 1. The van der Waals surface area contributed by atoms with Gasteiger partial charge in [-0.3, -0.25) is 4.90 Å². The maximum Gasteiger partial charge on any atom is 0.160 e. The molecule has 2 N–H and O–H groups in total. The molecule has 2 fully saturated rings. The minimum absolute atomic E-state index is 0.454. The third-order valence-electron chi connectivity index (χ3n) is 6.15. The molecule has 1 aromatic rings. The van der Waals surface area contributed by atoms with Gasteiger partial charge in [-0.05, 0) is 68.7 Å². The van der Waals surface area contributed by atoms with Crippen molar-refractivity contribution in [3.63, 3.8) is 0 Å². The van der Waals surface area contributed by atoms with Crippen LogP contribution in [-0.4, -0.2) is 50.8 Å². The number of anilines is 1. The Morgan fingerprint density at radius 3 is 2.42 bits per heavy atom. The minimum atomic E-state index is 0.454. The van der Waals surface area contributed by atoms with Crippen LogP contribution in [0.25, 0.3) is 0 Å². The van der Waals surface area contributed by atoms with Crippen LogP contribution in [0.2, 0.25) is 5.02 Å². The first kappa shape index (κ1) is 19.8. The zero-order valence-electron chi connectivity index (χ0n) is 16.3. The first-order valence-corrected chi connectivity index (χ1v) is 10.6. The predicted octanol–water partition coefficient (Wildman–Crippen LogP) is 3.94. The number of aryl methyl sites for hydroxylation is 1. The molecule has 26 heavy (non-hydrogen) atoms. The van der Waals surface area contributed by atoms with Crippen LogP contribution in [0.4, 0.5) is 5.69 Å². The molecule has 4 nitrogen and oxygen atoms in total. The fourth-order valence-corrected chi connectivity index (χ4v) is 4.64. The SMILES string of the molecule is CCc1cc(Cl)c(OC)c(N2CCN(CCC3CCC(N)CC3)CC2)c1. The Kier molecular flexibility index (Phi) is 7.07. The van der Waals surface area contributed by atoms with Crippen LogP contribution in [0.15, 0.2) is 12.1 Å². The zero-order valence-corrected chi connectivity index (χ0v) is 17.1. The van der Waals surface area contributed by atoms with E-state index in [2.05, 4.69) is 22.8 Å². The van der Waals surface area contributed by atoms with E-state index >= 15 is 0 Å². The molecule has 5 heteroatoms. The molecule has 0 radical (unpaired) electrons. The average molecular weight is 380 g/mol. The van der Waals surface area contributed by atoms with Crippen molar-refractivity contribution in [2.45, 2.75) is 51.5 Å². The lowest BCUT2D eigenvalue weighted by Gasteiger charge is -2.38. The van der Waals surface area contributed by atoms with Crippen LogP contribution < -0.4 is 15.4 Å². The van der Waals surface area contributed by atoms with E-state index in [1.165, 1.54) is 44.2 Å². The van der Waals surface area contributed by atoms with E-state index < -0.39 is 0 Å². The lowest BCUT2D eigenvalue weighted by atomic mass is 9.84. The average Bonchev–Trinajstić information content (AvgIpc) is 2.67. The molecule has 1 heterocycles. The van der Waals surface area contributed by atoms with E-state index in [-0.39, 0.29) is 0 Å². The molecule has 2 aliphatic rings. The van der Waals surface area contributed by atoms with Crippen LogP contribution in [0.3, 0.4) is 0 Å². The highest BCUT2D eigenvalue weighted by atomic mass is 35.5. The molecule has 0 spiro atoms. The van der Waals surface area contributed by atoms with Crippen molar-refractivity contribution in [2.24, 2.45) is 11.7 Å². The maximum atomic E-state index is 6.44. The Morgan fingerprint density at radius 1 is 1.12 bits per heavy atom. The molecule has 0 bridgehead atoms. The molecule has 0 amide bonds. The number of methoxy groups -OCH3 is 1. The third kappa shape index (κ3) is 4.85. The van der Waals surface area contributed by atoms with Crippen LogP contribution in [0, 0.1) is 5.92 Å². The summed E-state index contributed by atoms with van der Waals surface area (Å²) >= 11 is 6.44. The van der Waals surface area contributed by atoms with Crippen molar-refractivity contribution >= 4 is 17.3 Å². The van der Waals surface area contributed by atoms with Crippen molar-refractivity contribution in [3.8, 4) is 5.75 Å². The van der Waals surface area contributed by atoms with Crippen LogP contribution in [0.1, 0.15) is 44.6 Å². The third-order valence-corrected chi connectivity index (χ3v) is 6.43. The van der Waals surface area contributed by atoms with E-state index in [0.29, 0.717) is 6.04 Å². The number of ether oxygens (including phenoxy) is 1. The summed E-state index contributed by atoms with van der Waals surface area (Å²) in [6.07, 6.45) is 7.38. The Hall–Kier alpha value is -0.970. The van der Waals surface area contributed by atoms with Gasteiger partial charge < -0.3 is 15.4 Å². The first-order valence-electron chi connectivity index (χ1n) is 10.2. The summed E-state index contributed by atoms with van der Waals surface area (Å²) in [6, 6.07) is 4.72. The normalized spacial score (nSPS) is 24.7. The van der Waals surface area contributed by atoms with Crippen LogP contribution in [0.5, 0.6) is 5.75 Å². The van der Waals surface area contributed by atoms with E-state index in [4.69, 9.17) is 22.1 Å². The Balaban J connectivity index is 1.53. The van der Waals surface area contributed by atoms with E-state index in [0.717, 1.165) is 55.0 Å². The van der Waals surface area contributed by atoms with Crippen LogP contribution in [-0.2, 0) is 6.42 Å². The number of piperazine rings is 1. The van der Waals surface area contributed by atoms with Gasteiger partial charge in [0, 0.05) is 32.2 Å². The monoisotopic (exact) mass is 379 g/mol. The molecule has 3 rings (SSSR count). The Morgan fingerprint density at radius 2 is 1.81 bits per heavy atom. The lowest BCUT2D eigenvalue weighted by Crippen LogP contribution is -2.47. The predicted molar refractivity (Wildman–Crippen MR) is 111 cm³/mol. The molecule has 1 saturated carbocycles. The largest absolute Gasteiger partial charge is 0.493 e. The summed E-state index contributed by atoms with van der Waals surface area (Å²) in [6.45, 7) is 7.69. The minimum Gasteiger partial charge on any atom is -0.493 e. The second-order valence-corrected chi connectivity index (χ2v) is 8.29. The summed E-state index contributed by atoms with van der Waals surface area (Å²) in [7, 11) is 1.71. The number of halogens is 1. The Bertz CT molecular complexity index is 579. The van der Waals surface area contributed by atoms with E-state index in [1.807, 2.05) is 6.07 Å². The van der Waals surface area contributed by atoms with Crippen LogP contribution >= 0.6 is 11.6 Å². The van der Waals surface area contributed by atoms with Gasteiger partial charge in [0.15, 0.2) is 5.75 Å².